The summed E-state index contributed by atoms with van der Waals surface area (Å²) < 4.78 is 0. The zero-order chi connectivity index (χ0) is 5.28. The molecule has 1 rings (SSSR count). The maximum absolute atomic E-state index is 5.13. The Morgan fingerprint density at radius 2 is 2.25 bits per heavy atom. The van der Waals surface area contributed by atoms with Gasteiger partial charge in [0.05, 0.1) is 0 Å². The summed E-state index contributed by atoms with van der Waals surface area (Å²) in [5.74, 6) is 1.05. The van der Waals surface area contributed by atoms with E-state index in [1.165, 1.54) is 0 Å². The molecule has 0 amide bonds. The van der Waals surface area contributed by atoms with Crippen molar-refractivity contribution in [2.75, 3.05) is 5.73 Å². The second-order valence-corrected chi connectivity index (χ2v) is 1.28. The molecule has 0 aliphatic rings. The molecule has 1 aromatic heterocycles. The molecule has 0 fully saturated rings. The Labute approximate surface area is 52.9 Å². The molecule has 5 heteroatoms. The fourth-order valence-electron chi connectivity index (χ4n) is 0.360. The molecule has 1 heterocycles. The van der Waals surface area contributed by atoms with E-state index in [2.05, 4.69) is 15.2 Å². The number of aromatic nitrogens is 3. The average Bonchev–Trinajstić information content (AvgIpc) is 1.87. The van der Waals surface area contributed by atoms with E-state index in [1.54, 1.807) is 6.92 Å². The second-order valence-electron chi connectivity index (χ2n) is 1.28. The van der Waals surface area contributed by atoms with Gasteiger partial charge in [-0.1, -0.05) is 0 Å². The largest absolute Gasteiger partial charge is 0.367 e. The number of aryl methyl sites for hydroxylation is 1. The fourth-order valence-corrected chi connectivity index (χ4v) is 0.360. The number of nitrogens with zero attached hydrogens (tertiary/aromatic N) is 2. The summed E-state index contributed by atoms with van der Waals surface area (Å²) >= 11 is 0. The van der Waals surface area contributed by atoms with Crippen LogP contribution in [0.3, 0.4) is 0 Å². The number of nitrogens with one attached hydrogen (secondary N) is 1. The molecule has 0 radical (unpaired) electrons. The lowest BCUT2D eigenvalue weighted by Gasteiger charge is -1.68. The van der Waals surface area contributed by atoms with E-state index < -0.39 is 0 Å². The van der Waals surface area contributed by atoms with E-state index in [4.69, 9.17) is 5.73 Å². The van der Waals surface area contributed by atoms with Crippen molar-refractivity contribution in [3.05, 3.63) is 5.82 Å². The van der Waals surface area contributed by atoms with Crippen LogP contribution in [0.4, 0.5) is 5.95 Å². The van der Waals surface area contributed by atoms with Crippen molar-refractivity contribution < 1.29 is 0 Å². The normalized spacial score (nSPS) is 8.12. The van der Waals surface area contributed by atoms with Gasteiger partial charge < -0.3 is 5.73 Å². The molecule has 0 spiro atoms. The van der Waals surface area contributed by atoms with Crippen LogP contribution in [0.5, 0.6) is 0 Å². The zero-order valence-electron chi connectivity index (χ0n) is 4.38. The van der Waals surface area contributed by atoms with E-state index in [1.807, 2.05) is 0 Å². The van der Waals surface area contributed by atoms with Gasteiger partial charge in [0.25, 0.3) is 0 Å². The van der Waals surface area contributed by atoms with Gasteiger partial charge in [-0.15, -0.1) is 17.5 Å². The first-order valence-electron chi connectivity index (χ1n) is 1.93. The lowest BCUT2D eigenvalue weighted by Crippen LogP contribution is -1.84. The van der Waals surface area contributed by atoms with Crippen molar-refractivity contribution in [1.82, 2.24) is 15.2 Å². The molecule has 8 heavy (non-hydrogen) atoms. The summed E-state index contributed by atoms with van der Waals surface area (Å²) in [6.07, 6.45) is 0. The minimum absolute atomic E-state index is 0. The van der Waals surface area contributed by atoms with E-state index >= 15 is 0 Å². The van der Waals surface area contributed by atoms with Gasteiger partial charge >= 0.3 is 0 Å². The van der Waals surface area contributed by atoms with Gasteiger partial charge in [0.15, 0.2) is 0 Å². The first-order chi connectivity index (χ1) is 3.29. The molecule has 0 saturated heterocycles. The van der Waals surface area contributed by atoms with E-state index in [0.29, 0.717) is 5.95 Å². The van der Waals surface area contributed by atoms with Gasteiger partial charge in [0.2, 0.25) is 5.95 Å². The number of H-pyrrole nitrogens is 1. The third-order valence-corrected chi connectivity index (χ3v) is 0.615. The van der Waals surface area contributed by atoms with Gasteiger partial charge in [-0.25, -0.2) is 0 Å². The highest BCUT2D eigenvalue weighted by molar-refractivity contribution is 5.85. The maximum Gasteiger partial charge on any atom is 0.239 e. The molecule has 46 valence electrons. The van der Waals surface area contributed by atoms with E-state index in [-0.39, 0.29) is 12.4 Å². The SMILES string of the molecule is Cc1nc(N)n[nH]1.Cl. The predicted molar refractivity (Wildman–Crippen MR) is 32.8 cm³/mol. The Morgan fingerprint density at radius 1 is 1.62 bits per heavy atom. The third kappa shape index (κ3) is 1.38. The highest BCUT2D eigenvalue weighted by Crippen LogP contribution is 1.86. The average molecular weight is 135 g/mol. The van der Waals surface area contributed by atoms with Crippen molar-refractivity contribution in [2.24, 2.45) is 0 Å². The van der Waals surface area contributed by atoms with E-state index in [0.717, 1.165) is 5.82 Å². The van der Waals surface area contributed by atoms with Gasteiger partial charge in [0.1, 0.15) is 5.82 Å². The first-order valence-corrected chi connectivity index (χ1v) is 1.93. The van der Waals surface area contributed by atoms with Crippen LogP contribution < -0.4 is 5.73 Å². The summed E-state index contributed by atoms with van der Waals surface area (Å²) in [5, 5.41) is 6.14. The highest BCUT2D eigenvalue weighted by atomic mass is 35.5. The number of rotatable bonds is 0. The molecular formula is C3H7ClN4. The monoisotopic (exact) mass is 134 g/mol. The van der Waals surface area contributed by atoms with Crippen LogP contribution in [0.1, 0.15) is 5.82 Å². The van der Waals surface area contributed by atoms with Crippen LogP contribution in [-0.4, -0.2) is 15.2 Å². The quantitative estimate of drug-likeness (QED) is 0.530. The van der Waals surface area contributed by atoms with Crippen molar-refractivity contribution >= 4 is 18.4 Å². The summed E-state index contributed by atoms with van der Waals surface area (Å²) in [4.78, 5) is 3.72. The molecule has 0 saturated carbocycles. The molecule has 3 N–H and O–H groups in total. The van der Waals surface area contributed by atoms with Crippen LogP contribution in [0.15, 0.2) is 0 Å². The van der Waals surface area contributed by atoms with Crippen LogP contribution in [0, 0.1) is 6.92 Å². The molecule has 0 atom stereocenters. The molecule has 0 aliphatic heterocycles. The first kappa shape index (κ1) is 7.23. The van der Waals surface area contributed by atoms with Crippen LogP contribution >= 0.6 is 12.4 Å². The van der Waals surface area contributed by atoms with Crippen LogP contribution in [-0.2, 0) is 0 Å². The molecular weight excluding hydrogens is 128 g/mol. The summed E-state index contributed by atoms with van der Waals surface area (Å²) in [5.41, 5.74) is 5.13. The number of anilines is 1. The van der Waals surface area contributed by atoms with Crippen LogP contribution in [0.2, 0.25) is 0 Å². The van der Waals surface area contributed by atoms with Gasteiger partial charge in [-0.05, 0) is 6.92 Å². The molecule has 0 aliphatic carbocycles. The Morgan fingerprint density at radius 3 is 2.38 bits per heavy atom. The molecule has 4 nitrogen and oxygen atoms in total. The highest BCUT2D eigenvalue weighted by Gasteiger charge is 1.86. The number of nitrogen functional groups attached to an aromatic ring is 1. The Balaban J connectivity index is 0.000000490. The Bertz CT molecular complexity index is 144. The second kappa shape index (κ2) is 2.52. The van der Waals surface area contributed by atoms with Gasteiger partial charge in [-0.2, -0.15) is 4.98 Å². The van der Waals surface area contributed by atoms with Crippen molar-refractivity contribution in [2.45, 2.75) is 6.92 Å². The van der Waals surface area contributed by atoms with E-state index in [9.17, 15) is 0 Å². The standard InChI is InChI=1S/C3H6N4.ClH/c1-2-5-3(4)7-6-2;/h1H3,(H3,4,5,6,7);1H. The van der Waals surface area contributed by atoms with Gasteiger partial charge in [-0.3, -0.25) is 5.10 Å². The van der Waals surface area contributed by atoms with Crippen molar-refractivity contribution in [3.63, 3.8) is 0 Å². The number of nitrogens with two attached hydrogens (primary N) is 1. The lowest BCUT2D eigenvalue weighted by atomic mass is 10.8. The topological polar surface area (TPSA) is 67.6 Å². The smallest absolute Gasteiger partial charge is 0.239 e. The minimum atomic E-state index is 0. The fraction of sp³-hybridized carbons (Fsp3) is 0.333. The lowest BCUT2D eigenvalue weighted by molar-refractivity contribution is 1.04. The Kier molecular flexibility index (Phi) is 2.27. The molecule has 0 bridgehead atoms. The van der Waals surface area contributed by atoms with Crippen molar-refractivity contribution in [1.29, 1.82) is 0 Å². The number of aromatic amines is 1. The number of hydrogen-bond acceptors (Lipinski definition) is 3. The maximum atomic E-state index is 5.13. The minimum Gasteiger partial charge on any atom is -0.367 e. The summed E-state index contributed by atoms with van der Waals surface area (Å²) in [7, 11) is 0. The summed E-state index contributed by atoms with van der Waals surface area (Å²) in [6.45, 7) is 1.80. The summed E-state index contributed by atoms with van der Waals surface area (Å²) in [6, 6.07) is 0. The molecule has 1 aromatic rings. The molecule has 0 aromatic carbocycles. The number of halogens is 1. The zero-order valence-corrected chi connectivity index (χ0v) is 5.20. The number of hydrogen-bond donors (Lipinski definition) is 2. The predicted octanol–water partition coefficient (Wildman–Crippen LogP) is 0.117. The van der Waals surface area contributed by atoms with Crippen molar-refractivity contribution in [3.8, 4) is 0 Å². The Hall–Kier alpha value is -0.770. The third-order valence-electron chi connectivity index (χ3n) is 0.615. The van der Waals surface area contributed by atoms with Crippen LogP contribution in [0.25, 0.3) is 0 Å². The molecule has 0 unspecified atom stereocenters. The van der Waals surface area contributed by atoms with Gasteiger partial charge in [0, 0.05) is 0 Å².